The van der Waals surface area contributed by atoms with Crippen LogP contribution < -0.4 is 0 Å². The first-order valence-corrected chi connectivity index (χ1v) is 11.2. The summed E-state index contributed by atoms with van der Waals surface area (Å²) in [6, 6.07) is 0. The van der Waals surface area contributed by atoms with E-state index in [-0.39, 0.29) is 0 Å². The van der Waals surface area contributed by atoms with Crippen LogP contribution in [-0.4, -0.2) is 6.38 Å². The normalized spacial score (nSPS) is 6.44. The van der Waals surface area contributed by atoms with Crippen molar-refractivity contribution < 1.29 is 0 Å². The molecular formula is C24H59Cl. The Bertz CT molecular complexity index is 98.7. The summed E-state index contributed by atoms with van der Waals surface area (Å²) in [6.07, 6.45) is 8.43. The second-order valence-electron chi connectivity index (χ2n) is 4.72. The van der Waals surface area contributed by atoms with Crippen molar-refractivity contribution in [2.24, 2.45) is 11.8 Å². The van der Waals surface area contributed by atoms with Gasteiger partial charge in [-0.3, -0.25) is 0 Å². The largest absolute Gasteiger partial charge is 0.130 e. The van der Waals surface area contributed by atoms with E-state index in [1.54, 1.807) is 0 Å². The van der Waals surface area contributed by atoms with Crippen molar-refractivity contribution in [3.63, 3.8) is 0 Å². The lowest BCUT2D eigenvalue weighted by Gasteiger charge is -2.05. The van der Waals surface area contributed by atoms with Gasteiger partial charge in [0.25, 0.3) is 0 Å². The summed E-state index contributed by atoms with van der Waals surface area (Å²) in [7, 11) is 0. The van der Waals surface area contributed by atoms with Gasteiger partial charge in [0.15, 0.2) is 0 Å². The molecule has 0 saturated heterocycles. The van der Waals surface area contributed by atoms with E-state index in [2.05, 4.69) is 79.8 Å². The van der Waals surface area contributed by atoms with Crippen LogP contribution in [0.1, 0.15) is 116 Å². The number of allylic oxidation sites excluding steroid dienone is 1. The van der Waals surface area contributed by atoms with Crippen molar-refractivity contribution in [1.29, 1.82) is 0 Å². The lowest BCUT2D eigenvalue weighted by Crippen LogP contribution is -1.93. The average Bonchev–Trinajstić information content (AvgIpc) is 2.69. The van der Waals surface area contributed by atoms with Crippen LogP contribution in [0.2, 0.25) is 0 Å². The molecule has 0 rings (SSSR count). The molecule has 0 aliphatic heterocycles. The Hall–Kier alpha value is -0.230. The van der Waals surface area contributed by atoms with E-state index in [0.717, 1.165) is 18.3 Å². The van der Waals surface area contributed by atoms with E-state index in [1.165, 1.54) is 25.6 Å². The molecule has 1 heteroatoms. The highest BCUT2D eigenvalue weighted by Crippen LogP contribution is 2.08. The molecule has 0 fully saturated rings. The minimum absolute atomic E-state index is 0.875. The number of unbranched alkanes of at least 4 members (excludes halogenated alkanes) is 1. The van der Waals surface area contributed by atoms with Gasteiger partial charge < -0.3 is 0 Å². The zero-order chi connectivity index (χ0) is 22.7. The van der Waals surface area contributed by atoms with Gasteiger partial charge >= 0.3 is 0 Å². The van der Waals surface area contributed by atoms with Crippen molar-refractivity contribution >= 4 is 11.6 Å². The number of alkyl halides is 1. The summed E-state index contributed by atoms with van der Waals surface area (Å²) < 4.78 is 0. The van der Waals surface area contributed by atoms with Gasteiger partial charge in [-0.15, -0.1) is 31.3 Å². The van der Waals surface area contributed by atoms with Crippen molar-refractivity contribution in [2.45, 2.75) is 116 Å². The molecule has 0 nitrogen and oxygen atoms in total. The zero-order valence-electron chi connectivity index (χ0n) is 21.1. The molecule has 0 aromatic rings. The highest BCUT2D eigenvalue weighted by atomic mass is 35.5. The Labute approximate surface area is 171 Å². The predicted molar refractivity (Wildman–Crippen MR) is 132 cm³/mol. The number of hydrogen-bond donors (Lipinski definition) is 0. The number of halogens is 1. The van der Waals surface area contributed by atoms with E-state index in [1.807, 2.05) is 47.6 Å². The fourth-order valence-corrected chi connectivity index (χ4v) is 0.943. The Morgan fingerprint density at radius 1 is 0.680 bits per heavy atom. The highest BCUT2D eigenvalue weighted by Gasteiger charge is 1.95. The number of hydrogen-bond acceptors (Lipinski definition) is 0. The maximum Gasteiger partial charge on any atom is 0.0108 e. The summed E-state index contributed by atoms with van der Waals surface area (Å²) in [5, 5.41) is 0. The topological polar surface area (TPSA) is 0 Å². The van der Waals surface area contributed by atoms with Crippen molar-refractivity contribution in [1.82, 2.24) is 0 Å². The average molecular weight is 383 g/mol. The van der Waals surface area contributed by atoms with Crippen LogP contribution in [0.15, 0.2) is 25.8 Å². The van der Waals surface area contributed by atoms with E-state index >= 15 is 0 Å². The van der Waals surface area contributed by atoms with E-state index in [9.17, 15) is 0 Å². The molecule has 0 radical (unpaired) electrons. The minimum atomic E-state index is 0.875. The second-order valence-corrected chi connectivity index (χ2v) is 4.72. The van der Waals surface area contributed by atoms with Crippen LogP contribution in [0.5, 0.6) is 0 Å². The third-order valence-electron chi connectivity index (χ3n) is 1.73. The second kappa shape index (κ2) is 106. The maximum atomic E-state index is 4.64. The Morgan fingerprint density at radius 2 is 0.840 bits per heavy atom. The Balaban J connectivity index is -0.0000000237. The van der Waals surface area contributed by atoms with Crippen molar-refractivity contribution in [2.75, 3.05) is 6.38 Å². The van der Waals surface area contributed by atoms with Crippen LogP contribution in [0.25, 0.3) is 0 Å². The smallest absolute Gasteiger partial charge is 0.0108 e. The standard InChI is InChI=1S/C7H16.C4H10.C4H8.3C2H6.C2H4.CH3Cl/c1-6(2)5-7(3)4;2*1-3-4-2;5*1-2/h6-7H,5H2,1-4H3;3-4H2,1-2H3;3H,1,4H2,2H3;3*1-2H3;1-2H2;1H3. The molecule has 0 aliphatic carbocycles. The van der Waals surface area contributed by atoms with Gasteiger partial charge in [0, 0.05) is 6.38 Å². The SMILES string of the molecule is C=C.C=CCC.CC.CC.CC.CC(C)CC(C)C.CCCC.CCl. The molecule has 162 valence electrons. The third kappa shape index (κ3) is 338. The van der Waals surface area contributed by atoms with Crippen LogP contribution in [0.3, 0.4) is 0 Å². The van der Waals surface area contributed by atoms with E-state index in [4.69, 9.17) is 0 Å². The fourth-order valence-electron chi connectivity index (χ4n) is 0.943. The van der Waals surface area contributed by atoms with E-state index < -0.39 is 0 Å². The first kappa shape index (κ1) is 49.8. The molecule has 25 heavy (non-hydrogen) atoms. The number of rotatable bonds is 4. The molecule has 0 heterocycles. The molecule has 0 aromatic carbocycles. The van der Waals surface area contributed by atoms with Crippen LogP contribution >= 0.6 is 11.6 Å². The predicted octanol–water partition coefficient (Wildman–Crippen LogP) is 10.8. The summed E-state index contributed by atoms with van der Waals surface area (Å²) >= 11 is 4.64. The van der Waals surface area contributed by atoms with Crippen molar-refractivity contribution in [3.05, 3.63) is 25.8 Å². The van der Waals surface area contributed by atoms with Crippen LogP contribution in [-0.2, 0) is 0 Å². The summed E-state index contributed by atoms with van der Waals surface area (Å²) in [5.74, 6) is 1.75. The van der Waals surface area contributed by atoms with Crippen LogP contribution in [0, 0.1) is 11.8 Å². The summed E-state index contributed by atoms with van der Waals surface area (Å²) in [5.41, 5.74) is 0. The molecule has 0 N–H and O–H groups in total. The molecule has 0 atom stereocenters. The van der Waals surface area contributed by atoms with Gasteiger partial charge in [-0.05, 0) is 24.7 Å². The fraction of sp³-hybridized carbons (Fsp3) is 0.833. The Morgan fingerprint density at radius 3 is 0.840 bits per heavy atom. The highest BCUT2D eigenvalue weighted by molar-refractivity contribution is 6.15. The molecule has 0 bridgehead atoms. The molecule has 0 spiro atoms. The molecule has 0 unspecified atom stereocenters. The first-order valence-electron chi connectivity index (χ1n) is 10.4. The molecule has 0 saturated carbocycles. The summed E-state index contributed by atoms with van der Waals surface area (Å²) in [6.45, 7) is 37.0. The van der Waals surface area contributed by atoms with Gasteiger partial charge in [0.05, 0.1) is 0 Å². The molecule has 0 aliphatic rings. The lowest BCUT2D eigenvalue weighted by molar-refractivity contribution is 0.469. The lowest BCUT2D eigenvalue weighted by atomic mass is 10.0. The van der Waals surface area contributed by atoms with Gasteiger partial charge in [-0.2, -0.15) is 0 Å². The molecule has 0 amide bonds. The monoisotopic (exact) mass is 382 g/mol. The molecule has 0 aromatic heterocycles. The maximum absolute atomic E-state index is 4.64. The summed E-state index contributed by atoms with van der Waals surface area (Å²) in [4.78, 5) is 0. The first-order chi connectivity index (χ1) is 12.0. The Kier molecular flexibility index (Phi) is 211. The van der Waals surface area contributed by atoms with Gasteiger partial charge in [-0.1, -0.05) is 109 Å². The van der Waals surface area contributed by atoms with E-state index in [0.29, 0.717) is 0 Å². The van der Waals surface area contributed by atoms with Crippen molar-refractivity contribution in [3.8, 4) is 0 Å². The molecular weight excluding hydrogens is 324 g/mol. The zero-order valence-corrected chi connectivity index (χ0v) is 21.8. The quantitative estimate of drug-likeness (QED) is 0.334. The third-order valence-corrected chi connectivity index (χ3v) is 1.73. The van der Waals surface area contributed by atoms with Gasteiger partial charge in [-0.25, -0.2) is 0 Å². The van der Waals surface area contributed by atoms with Crippen LogP contribution in [0.4, 0.5) is 0 Å². The minimum Gasteiger partial charge on any atom is -0.130 e. The van der Waals surface area contributed by atoms with Gasteiger partial charge in [0.2, 0.25) is 0 Å². The van der Waals surface area contributed by atoms with Gasteiger partial charge in [0.1, 0.15) is 0 Å².